The number of carbonyl (C=O) groups is 3. The van der Waals surface area contributed by atoms with Gasteiger partial charge < -0.3 is 31.5 Å². The summed E-state index contributed by atoms with van der Waals surface area (Å²) < 4.78 is 81.8. The first-order valence-electron chi connectivity index (χ1n) is 13.8. The minimum Gasteiger partial charge on any atom is -0.481 e. The van der Waals surface area contributed by atoms with Crippen LogP contribution in [0.25, 0.3) is 0 Å². The van der Waals surface area contributed by atoms with E-state index in [9.17, 15) is 50.9 Å². The zero-order valence-corrected chi connectivity index (χ0v) is 24.2. The third-order valence-corrected chi connectivity index (χ3v) is 6.78. The molecule has 0 heterocycles. The van der Waals surface area contributed by atoms with Crippen LogP contribution in [0.2, 0.25) is 0 Å². The summed E-state index contributed by atoms with van der Waals surface area (Å²) in [5, 5.41) is 29.2. The van der Waals surface area contributed by atoms with Crippen LogP contribution in [0, 0.1) is 11.8 Å². The zero-order valence-electron chi connectivity index (χ0n) is 24.2. The average molecular weight is 635 g/mol. The van der Waals surface area contributed by atoms with Gasteiger partial charge in [0.2, 0.25) is 0 Å². The Bertz CT molecular complexity index is 1190. The molecule has 2 amide bonds. The Hall–Kier alpha value is -3.85. The maximum absolute atomic E-state index is 13.6. The molecule has 0 saturated carbocycles. The Labute approximate surface area is 250 Å². The third kappa shape index (κ3) is 12.0. The lowest BCUT2D eigenvalue weighted by Crippen LogP contribution is -2.22. The van der Waals surface area contributed by atoms with E-state index < -0.39 is 53.3 Å². The Morgan fingerprint density at radius 3 is 1.32 bits per heavy atom. The van der Waals surface area contributed by atoms with Crippen molar-refractivity contribution in [2.75, 3.05) is 37.8 Å². The van der Waals surface area contributed by atoms with Crippen molar-refractivity contribution in [2.24, 2.45) is 11.8 Å². The quantitative estimate of drug-likeness (QED) is 0.101. The first-order valence-corrected chi connectivity index (χ1v) is 13.8. The predicted molar refractivity (Wildman–Crippen MR) is 152 cm³/mol. The molecule has 0 fully saturated rings. The molecule has 2 atom stereocenters. The standard InChI is InChI=1S/C29H36F6N4O5/c1-36-7-3-5-19(25(40)41)9-17-11-21(28(30,31)32)15-23(13-17)38-27(44)39-24-14-18(12-22(16-24)29(33,34)35)10-20(26(42)43)6-4-8-37-2/h11-16,19-20,36-37H,3-10H2,1-2H3,(H,40,41)(H,42,43)(H2,38,39,44). The number of carboxylic acids is 2. The van der Waals surface area contributed by atoms with Crippen molar-refractivity contribution in [2.45, 2.75) is 50.9 Å². The smallest absolute Gasteiger partial charge is 0.416 e. The fraction of sp³-hybridized carbons (Fsp3) is 0.483. The average Bonchev–Trinajstić information content (AvgIpc) is 2.90. The molecular weight excluding hydrogens is 598 g/mol. The SMILES string of the molecule is CNCCCC(Cc1cc(NC(=O)Nc2cc(CC(CCCNC)C(=O)O)cc(C(F)(F)F)c2)cc(C(F)(F)F)c1)C(=O)O. The summed E-state index contributed by atoms with van der Waals surface area (Å²) in [7, 11) is 3.34. The van der Waals surface area contributed by atoms with E-state index in [-0.39, 0.29) is 48.2 Å². The molecule has 2 aromatic rings. The van der Waals surface area contributed by atoms with Crippen LogP contribution in [0.15, 0.2) is 36.4 Å². The van der Waals surface area contributed by atoms with Crippen molar-refractivity contribution in [3.8, 4) is 0 Å². The zero-order chi connectivity index (χ0) is 33.1. The fourth-order valence-corrected chi connectivity index (χ4v) is 4.63. The lowest BCUT2D eigenvalue weighted by molar-refractivity contribution is -0.143. The fourth-order valence-electron chi connectivity index (χ4n) is 4.63. The van der Waals surface area contributed by atoms with Crippen molar-refractivity contribution in [1.29, 1.82) is 0 Å². The lowest BCUT2D eigenvalue weighted by atomic mass is 9.93. The number of hydrogen-bond acceptors (Lipinski definition) is 5. The van der Waals surface area contributed by atoms with Crippen molar-refractivity contribution in [3.63, 3.8) is 0 Å². The number of nitrogens with one attached hydrogen (secondary N) is 4. The number of aliphatic carboxylic acids is 2. The van der Waals surface area contributed by atoms with E-state index in [0.717, 1.165) is 12.1 Å². The van der Waals surface area contributed by atoms with E-state index in [1.165, 1.54) is 12.1 Å². The molecule has 2 aromatic carbocycles. The van der Waals surface area contributed by atoms with Gasteiger partial charge in [-0.1, -0.05) is 0 Å². The highest BCUT2D eigenvalue weighted by Crippen LogP contribution is 2.34. The minimum absolute atomic E-state index is 0.00803. The summed E-state index contributed by atoms with van der Waals surface area (Å²) in [5.74, 6) is -4.38. The second-order valence-electron chi connectivity index (χ2n) is 10.4. The van der Waals surface area contributed by atoms with E-state index in [2.05, 4.69) is 21.3 Å². The van der Waals surface area contributed by atoms with E-state index >= 15 is 0 Å². The number of benzene rings is 2. The minimum atomic E-state index is -4.84. The Morgan fingerprint density at radius 1 is 0.659 bits per heavy atom. The van der Waals surface area contributed by atoms with Crippen LogP contribution >= 0.6 is 0 Å². The molecule has 244 valence electrons. The van der Waals surface area contributed by atoms with Gasteiger partial charge in [-0.05, 0) is 113 Å². The number of carboxylic acid groups (broad SMARTS) is 2. The second kappa shape index (κ2) is 16.3. The van der Waals surface area contributed by atoms with Gasteiger partial charge in [0.1, 0.15) is 0 Å². The van der Waals surface area contributed by atoms with Gasteiger partial charge in [0.15, 0.2) is 0 Å². The second-order valence-corrected chi connectivity index (χ2v) is 10.4. The molecule has 2 rings (SSSR count). The molecule has 0 bridgehead atoms. The molecule has 0 saturated heterocycles. The monoisotopic (exact) mass is 634 g/mol. The number of anilines is 2. The van der Waals surface area contributed by atoms with Crippen LogP contribution in [0.5, 0.6) is 0 Å². The van der Waals surface area contributed by atoms with Gasteiger partial charge in [0.25, 0.3) is 0 Å². The van der Waals surface area contributed by atoms with Crippen LogP contribution in [0.4, 0.5) is 42.5 Å². The number of halogens is 6. The Morgan fingerprint density at radius 2 is 1.02 bits per heavy atom. The number of carbonyl (C=O) groups excluding carboxylic acids is 1. The van der Waals surface area contributed by atoms with Gasteiger partial charge in [-0.2, -0.15) is 26.3 Å². The normalized spacial score (nSPS) is 13.3. The van der Waals surface area contributed by atoms with Gasteiger partial charge in [-0.3, -0.25) is 9.59 Å². The lowest BCUT2D eigenvalue weighted by Gasteiger charge is -2.18. The van der Waals surface area contributed by atoms with Crippen LogP contribution < -0.4 is 21.3 Å². The molecule has 2 unspecified atom stereocenters. The molecule has 0 radical (unpaired) electrons. The highest BCUT2D eigenvalue weighted by molar-refractivity contribution is 6.00. The van der Waals surface area contributed by atoms with Gasteiger partial charge in [0, 0.05) is 11.4 Å². The summed E-state index contributed by atoms with van der Waals surface area (Å²) in [6.45, 7) is 1.01. The summed E-state index contributed by atoms with van der Waals surface area (Å²) in [6, 6.07) is 4.00. The van der Waals surface area contributed by atoms with Crippen molar-refractivity contribution >= 4 is 29.3 Å². The molecule has 15 heteroatoms. The first kappa shape index (κ1) is 36.3. The van der Waals surface area contributed by atoms with Crippen LogP contribution in [0.3, 0.4) is 0 Å². The first-order chi connectivity index (χ1) is 20.5. The highest BCUT2D eigenvalue weighted by Gasteiger charge is 2.33. The van der Waals surface area contributed by atoms with E-state index in [1.54, 1.807) is 14.1 Å². The molecule has 44 heavy (non-hydrogen) atoms. The van der Waals surface area contributed by atoms with Crippen molar-refractivity contribution in [1.82, 2.24) is 10.6 Å². The molecule has 9 nitrogen and oxygen atoms in total. The van der Waals surface area contributed by atoms with Crippen LogP contribution in [0.1, 0.15) is 47.9 Å². The van der Waals surface area contributed by atoms with Crippen molar-refractivity contribution in [3.05, 3.63) is 58.7 Å². The molecular formula is C29H36F6N4O5. The van der Waals surface area contributed by atoms with Crippen LogP contribution in [-0.4, -0.2) is 55.4 Å². The number of urea groups is 1. The molecule has 0 aromatic heterocycles. The Kier molecular flexibility index (Phi) is 13.5. The number of hydrogen-bond donors (Lipinski definition) is 6. The summed E-state index contributed by atoms with van der Waals surface area (Å²) in [6.07, 6.45) is -8.89. The summed E-state index contributed by atoms with van der Waals surface area (Å²) in [5.41, 5.74) is -3.02. The summed E-state index contributed by atoms with van der Waals surface area (Å²) in [4.78, 5) is 36.2. The van der Waals surface area contributed by atoms with Crippen molar-refractivity contribution < 1.29 is 50.9 Å². The molecule has 0 spiro atoms. The van der Waals surface area contributed by atoms with E-state index in [4.69, 9.17) is 0 Å². The van der Waals surface area contributed by atoms with Gasteiger partial charge in [-0.25, -0.2) is 4.79 Å². The number of amides is 2. The highest BCUT2D eigenvalue weighted by atomic mass is 19.4. The van der Waals surface area contributed by atoms with Gasteiger partial charge >= 0.3 is 30.3 Å². The molecule has 0 aliphatic carbocycles. The van der Waals surface area contributed by atoms with Gasteiger partial charge in [0.05, 0.1) is 23.0 Å². The molecule has 0 aliphatic heterocycles. The molecule has 6 N–H and O–H groups in total. The number of rotatable bonds is 16. The number of alkyl halides is 6. The summed E-state index contributed by atoms with van der Waals surface area (Å²) >= 11 is 0. The predicted octanol–water partition coefficient (Wildman–Crippen LogP) is 5.85. The topological polar surface area (TPSA) is 140 Å². The van der Waals surface area contributed by atoms with Gasteiger partial charge in [-0.15, -0.1) is 0 Å². The molecule has 0 aliphatic rings. The van der Waals surface area contributed by atoms with E-state index in [1.807, 2.05) is 0 Å². The maximum Gasteiger partial charge on any atom is 0.416 e. The Balaban J connectivity index is 2.34. The third-order valence-electron chi connectivity index (χ3n) is 6.78. The van der Waals surface area contributed by atoms with E-state index in [0.29, 0.717) is 38.1 Å². The van der Waals surface area contributed by atoms with Crippen LogP contribution in [-0.2, 0) is 34.8 Å². The maximum atomic E-state index is 13.6. The largest absolute Gasteiger partial charge is 0.481 e.